The summed E-state index contributed by atoms with van der Waals surface area (Å²) in [5.41, 5.74) is 2.48. The second kappa shape index (κ2) is 6.86. The molecule has 0 amide bonds. The van der Waals surface area contributed by atoms with E-state index in [2.05, 4.69) is 24.1 Å². The third-order valence-electron chi connectivity index (χ3n) is 6.51. The minimum atomic E-state index is 0.491. The molecule has 5 rings (SSSR count). The molecule has 0 radical (unpaired) electrons. The van der Waals surface area contributed by atoms with E-state index in [9.17, 15) is 0 Å². The molecule has 0 unspecified atom stereocenters. The first kappa shape index (κ1) is 17.1. The fraction of sp³-hybridized carbons (Fsp3) is 0.500. The monoisotopic (exact) mass is 378 g/mol. The molecule has 27 heavy (non-hydrogen) atoms. The Hall–Kier alpha value is -2.01. The maximum atomic E-state index is 5.02. The van der Waals surface area contributed by atoms with E-state index >= 15 is 0 Å². The summed E-state index contributed by atoms with van der Waals surface area (Å²) in [7, 11) is 0. The van der Waals surface area contributed by atoms with Crippen molar-refractivity contribution in [2.45, 2.75) is 58.4 Å². The molecule has 0 spiro atoms. The number of anilines is 1. The van der Waals surface area contributed by atoms with Crippen LogP contribution in [0.1, 0.15) is 50.0 Å². The predicted molar refractivity (Wildman–Crippen MR) is 112 cm³/mol. The number of pyridine rings is 1. The molecule has 0 aliphatic heterocycles. The molecular weight excluding hydrogens is 352 g/mol. The Kier molecular flexibility index (Phi) is 4.35. The van der Waals surface area contributed by atoms with Crippen molar-refractivity contribution in [2.75, 3.05) is 5.32 Å². The largest absolute Gasteiger partial charge is 0.366 e. The molecule has 0 aromatic carbocycles. The van der Waals surface area contributed by atoms with E-state index in [1.54, 1.807) is 6.20 Å². The van der Waals surface area contributed by atoms with Crippen LogP contribution in [0.4, 0.5) is 5.82 Å². The molecule has 4 nitrogen and oxygen atoms in total. The van der Waals surface area contributed by atoms with Crippen LogP contribution in [-0.2, 0) is 12.8 Å². The van der Waals surface area contributed by atoms with Crippen LogP contribution in [0, 0.1) is 11.8 Å². The van der Waals surface area contributed by atoms with Gasteiger partial charge in [0, 0.05) is 28.9 Å². The smallest absolute Gasteiger partial charge is 0.164 e. The highest BCUT2D eigenvalue weighted by molar-refractivity contribution is 7.19. The molecule has 1 saturated carbocycles. The van der Waals surface area contributed by atoms with Crippen LogP contribution >= 0.6 is 11.3 Å². The maximum Gasteiger partial charge on any atom is 0.164 e. The Labute approximate surface area is 164 Å². The number of aromatic nitrogens is 3. The van der Waals surface area contributed by atoms with Gasteiger partial charge in [-0.1, -0.05) is 26.7 Å². The van der Waals surface area contributed by atoms with E-state index in [1.165, 1.54) is 47.9 Å². The van der Waals surface area contributed by atoms with Gasteiger partial charge in [-0.25, -0.2) is 9.97 Å². The number of aryl methyl sites for hydroxylation is 2. The van der Waals surface area contributed by atoms with Crippen LogP contribution < -0.4 is 5.32 Å². The van der Waals surface area contributed by atoms with Crippen molar-refractivity contribution in [3.63, 3.8) is 0 Å². The van der Waals surface area contributed by atoms with Crippen LogP contribution in [0.25, 0.3) is 21.6 Å². The van der Waals surface area contributed by atoms with Crippen molar-refractivity contribution < 1.29 is 0 Å². The molecule has 2 aliphatic carbocycles. The van der Waals surface area contributed by atoms with Gasteiger partial charge >= 0.3 is 0 Å². The molecule has 3 aromatic rings. The van der Waals surface area contributed by atoms with Crippen molar-refractivity contribution in [2.24, 2.45) is 11.8 Å². The second-order valence-electron chi connectivity index (χ2n) is 8.19. The van der Waals surface area contributed by atoms with Crippen LogP contribution in [0.5, 0.6) is 0 Å². The highest BCUT2D eigenvalue weighted by Crippen LogP contribution is 2.41. The lowest BCUT2D eigenvalue weighted by Crippen LogP contribution is -2.35. The second-order valence-corrected chi connectivity index (χ2v) is 9.28. The van der Waals surface area contributed by atoms with Crippen molar-refractivity contribution in [3.05, 3.63) is 35.0 Å². The lowest BCUT2D eigenvalue weighted by molar-refractivity contribution is 0.253. The molecule has 1 N–H and O–H groups in total. The molecule has 3 atom stereocenters. The molecule has 0 bridgehead atoms. The standard InChI is InChI=1S/C22H26N4S/c1-13-6-3-9-17(14(13)2)24-21-19-16-8-4-10-18(16)27-22(19)26-20(25-21)15-7-5-11-23-12-15/h5,7,11-14,17H,3-4,6,8-10H2,1-2H3,(H,24,25,26)/t13-,14+,17-/m0/s1. The van der Waals surface area contributed by atoms with Gasteiger partial charge in [0.25, 0.3) is 0 Å². The summed E-state index contributed by atoms with van der Waals surface area (Å²) >= 11 is 1.86. The minimum absolute atomic E-state index is 0.491. The fourth-order valence-electron chi connectivity index (χ4n) is 4.69. The summed E-state index contributed by atoms with van der Waals surface area (Å²) in [6.07, 6.45) is 11.1. The van der Waals surface area contributed by atoms with Crippen molar-refractivity contribution >= 4 is 27.4 Å². The lowest BCUT2D eigenvalue weighted by Gasteiger charge is -2.35. The quantitative estimate of drug-likeness (QED) is 0.656. The van der Waals surface area contributed by atoms with Gasteiger partial charge in [0.15, 0.2) is 5.82 Å². The van der Waals surface area contributed by atoms with Crippen molar-refractivity contribution in [1.82, 2.24) is 15.0 Å². The van der Waals surface area contributed by atoms with E-state index in [1.807, 2.05) is 29.7 Å². The van der Waals surface area contributed by atoms with Crippen LogP contribution in [0.2, 0.25) is 0 Å². The summed E-state index contributed by atoms with van der Waals surface area (Å²) in [4.78, 5) is 16.8. The van der Waals surface area contributed by atoms with E-state index in [0.29, 0.717) is 12.0 Å². The Balaban J connectivity index is 1.62. The Bertz CT molecular complexity index is 965. The minimum Gasteiger partial charge on any atom is -0.366 e. The number of hydrogen-bond acceptors (Lipinski definition) is 5. The zero-order valence-corrected chi connectivity index (χ0v) is 16.9. The van der Waals surface area contributed by atoms with Crippen LogP contribution in [0.3, 0.4) is 0 Å². The normalized spacial score (nSPS) is 24.9. The topological polar surface area (TPSA) is 50.7 Å². The molecule has 1 fully saturated rings. The summed E-state index contributed by atoms with van der Waals surface area (Å²) < 4.78 is 0. The van der Waals surface area contributed by atoms with E-state index in [4.69, 9.17) is 9.97 Å². The Morgan fingerprint density at radius 3 is 2.89 bits per heavy atom. The number of nitrogens with zero attached hydrogens (tertiary/aromatic N) is 3. The SMILES string of the molecule is C[C@H]1[C@@H](Nc2nc(-c3cccnc3)nc3sc4c(c23)CCC4)CCC[C@@H]1C. The summed E-state index contributed by atoms with van der Waals surface area (Å²) in [5, 5.41) is 5.15. The number of fused-ring (bicyclic) bond motifs is 3. The average Bonchev–Trinajstić information content (AvgIpc) is 3.27. The average molecular weight is 379 g/mol. The van der Waals surface area contributed by atoms with E-state index in [0.717, 1.165) is 34.4 Å². The summed E-state index contributed by atoms with van der Waals surface area (Å²) in [6.45, 7) is 4.78. The highest BCUT2D eigenvalue weighted by atomic mass is 32.1. The molecule has 5 heteroatoms. The lowest BCUT2D eigenvalue weighted by atomic mass is 9.78. The first-order chi connectivity index (χ1) is 13.2. The number of nitrogens with one attached hydrogen (secondary N) is 1. The zero-order valence-electron chi connectivity index (χ0n) is 16.0. The van der Waals surface area contributed by atoms with Gasteiger partial charge in [0.2, 0.25) is 0 Å². The summed E-state index contributed by atoms with van der Waals surface area (Å²) in [5.74, 6) is 3.26. The van der Waals surface area contributed by atoms with Gasteiger partial charge in [-0.3, -0.25) is 4.98 Å². The van der Waals surface area contributed by atoms with Crippen LogP contribution in [0.15, 0.2) is 24.5 Å². The van der Waals surface area contributed by atoms with Gasteiger partial charge < -0.3 is 5.32 Å². The molecule has 3 heterocycles. The third-order valence-corrected chi connectivity index (χ3v) is 7.70. The molecule has 0 saturated heterocycles. The number of hydrogen-bond donors (Lipinski definition) is 1. The maximum absolute atomic E-state index is 5.02. The van der Waals surface area contributed by atoms with Crippen LogP contribution in [-0.4, -0.2) is 21.0 Å². The van der Waals surface area contributed by atoms with Gasteiger partial charge in [-0.15, -0.1) is 11.3 Å². The molecule has 140 valence electrons. The fourth-order valence-corrected chi connectivity index (χ4v) is 5.95. The van der Waals surface area contributed by atoms with Gasteiger partial charge in [-0.05, 0) is 55.2 Å². The first-order valence-corrected chi connectivity index (χ1v) is 11.0. The van der Waals surface area contributed by atoms with Gasteiger partial charge in [-0.2, -0.15) is 0 Å². The molecule has 3 aromatic heterocycles. The number of rotatable bonds is 3. The van der Waals surface area contributed by atoms with Crippen molar-refractivity contribution in [3.8, 4) is 11.4 Å². The van der Waals surface area contributed by atoms with Gasteiger partial charge in [0.05, 0.1) is 5.39 Å². The predicted octanol–water partition coefficient (Wildman–Crippen LogP) is 5.48. The van der Waals surface area contributed by atoms with E-state index in [-0.39, 0.29) is 0 Å². The van der Waals surface area contributed by atoms with Crippen molar-refractivity contribution in [1.29, 1.82) is 0 Å². The Morgan fingerprint density at radius 1 is 1.11 bits per heavy atom. The Morgan fingerprint density at radius 2 is 2.04 bits per heavy atom. The van der Waals surface area contributed by atoms with Gasteiger partial charge in [0.1, 0.15) is 10.6 Å². The third kappa shape index (κ3) is 3.02. The molecule has 2 aliphatic rings. The summed E-state index contributed by atoms with van der Waals surface area (Å²) in [6, 6.07) is 4.49. The number of thiophene rings is 1. The molecular formula is C22H26N4S. The first-order valence-electron chi connectivity index (χ1n) is 10.2. The van der Waals surface area contributed by atoms with E-state index < -0.39 is 0 Å². The zero-order chi connectivity index (χ0) is 18.4. The highest BCUT2D eigenvalue weighted by Gasteiger charge is 2.29.